The number of fused-ring (bicyclic) bond motifs is 1. The largest absolute Gasteiger partial charge is 0.452 e. The van der Waals surface area contributed by atoms with Crippen LogP contribution in [0.4, 0.5) is 5.69 Å². The van der Waals surface area contributed by atoms with Crippen molar-refractivity contribution in [3.05, 3.63) is 52.6 Å². The van der Waals surface area contributed by atoms with Gasteiger partial charge in [0.05, 0.1) is 23.7 Å². The first-order valence-electron chi connectivity index (χ1n) is 9.24. The van der Waals surface area contributed by atoms with Crippen LogP contribution in [0, 0.1) is 18.3 Å². The first kappa shape index (κ1) is 21.2. The summed E-state index contributed by atoms with van der Waals surface area (Å²) in [7, 11) is 0. The lowest BCUT2D eigenvalue weighted by Gasteiger charge is -2.22. The van der Waals surface area contributed by atoms with Crippen LogP contribution in [0.5, 0.6) is 0 Å². The number of rotatable bonds is 7. The minimum Gasteiger partial charge on any atom is -0.452 e. The van der Waals surface area contributed by atoms with Crippen molar-refractivity contribution in [2.45, 2.75) is 26.7 Å². The Hall–Kier alpha value is -3.51. The zero-order chi connectivity index (χ0) is 21.7. The monoisotopic (exact) mass is 426 g/mol. The van der Waals surface area contributed by atoms with Gasteiger partial charge in [0, 0.05) is 23.5 Å². The van der Waals surface area contributed by atoms with Crippen LogP contribution in [0.3, 0.4) is 0 Å². The zero-order valence-corrected chi connectivity index (χ0v) is 17.3. The van der Waals surface area contributed by atoms with E-state index in [9.17, 15) is 9.59 Å². The lowest BCUT2D eigenvalue weighted by molar-refractivity contribution is -0.121. The third-order valence-electron chi connectivity index (χ3n) is 4.49. The van der Waals surface area contributed by atoms with E-state index in [0.717, 1.165) is 5.56 Å². The molecular formula is C20H19ClN6O3. The number of carbonyl (C=O) groups is 2. The first-order chi connectivity index (χ1) is 14.5. The van der Waals surface area contributed by atoms with Gasteiger partial charge in [0.15, 0.2) is 6.61 Å². The summed E-state index contributed by atoms with van der Waals surface area (Å²) in [4.78, 5) is 34.9. The van der Waals surface area contributed by atoms with Gasteiger partial charge in [0.1, 0.15) is 6.33 Å². The molecule has 0 N–H and O–H groups in total. The summed E-state index contributed by atoms with van der Waals surface area (Å²) in [5.41, 5.74) is 2.17. The number of hydrogen-bond donors (Lipinski definition) is 0. The highest BCUT2D eigenvalue weighted by molar-refractivity contribution is 6.31. The standard InChI is InChI=1S/C20H19ClN6O3/c1-3-17-15(10-23-20-24-12-25-27(17)20)19(29)30-11-18(28)26(8-4-7-22)14-5-6-16(21)13(2)9-14/h5-6,9-10,12H,3-4,8,11H2,1-2H3. The van der Waals surface area contributed by atoms with Gasteiger partial charge in [-0.2, -0.15) is 15.3 Å². The van der Waals surface area contributed by atoms with Crippen molar-refractivity contribution in [2.24, 2.45) is 0 Å². The first-order valence-corrected chi connectivity index (χ1v) is 9.62. The maximum atomic E-state index is 12.8. The van der Waals surface area contributed by atoms with Gasteiger partial charge >= 0.3 is 5.97 Å². The van der Waals surface area contributed by atoms with Crippen LogP contribution in [0.2, 0.25) is 5.02 Å². The number of hydrogen-bond acceptors (Lipinski definition) is 7. The van der Waals surface area contributed by atoms with Gasteiger partial charge in [-0.05, 0) is 37.1 Å². The second kappa shape index (κ2) is 9.33. The molecule has 0 spiro atoms. The van der Waals surface area contributed by atoms with Crippen LogP contribution in [0.15, 0.2) is 30.7 Å². The zero-order valence-electron chi connectivity index (χ0n) is 16.5. The molecule has 30 heavy (non-hydrogen) atoms. The molecule has 0 atom stereocenters. The Balaban J connectivity index is 1.77. The predicted octanol–water partition coefficient (Wildman–Crippen LogP) is 2.75. The topological polar surface area (TPSA) is 113 Å². The Morgan fingerprint density at radius 2 is 2.13 bits per heavy atom. The fourth-order valence-electron chi connectivity index (χ4n) is 2.97. The Labute approximate surface area is 177 Å². The van der Waals surface area contributed by atoms with E-state index >= 15 is 0 Å². The molecular weight excluding hydrogens is 408 g/mol. The number of halogens is 1. The minimum atomic E-state index is -0.683. The Morgan fingerprint density at radius 3 is 2.83 bits per heavy atom. The van der Waals surface area contributed by atoms with Crippen molar-refractivity contribution in [3.8, 4) is 6.07 Å². The Morgan fingerprint density at radius 1 is 1.33 bits per heavy atom. The van der Waals surface area contributed by atoms with E-state index in [0.29, 0.717) is 28.6 Å². The van der Waals surface area contributed by atoms with E-state index in [4.69, 9.17) is 21.6 Å². The van der Waals surface area contributed by atoms with E-state index < -0.39 is 18.5 Å². The van der Waals surface area contributed by atoms with Gasteiger partial charge in [-0.1, -0.05) is 18.5 Å². The van der Waals surface area contributed by atoms with Crippen molar-refractivity contribution in [1.82, 2.24) is 19.6 Å². The molecule has 1 aromatic carbocycles. The molecule has 2 heterocycles. The second-order valence-electron chi connectivity index (χ2n) is 6.41. The molecule has 9 nitrogen and oxygen atoms in total. The van der Waals surface area contributed by atoms with Crippen LogP contribution < -0.4 is 4.90 Å². The fourth-order valence-corrected chi connectivity index (χ4v) is 3.09. The number of esters is 1. The molecule has 3 aromatic rings. The average molecular weight is 427 g/mol. The molecule has 3 rings (SSSR count). The maximum Gasteiger partial charge on any atom is 0.342 e. The van der Waals surface area contributed by atoms with Crippen LogP contribution >= 0.6 is 11.6 Å². The van der Waals surface area contributed by atoms with E-state index in [1.165, 1.54) is 21.9 Å². The lowest BCUT2D eigenvalue weighted by atomic mass is 10.2. The Kier molecular flexibility index (Phi) is 6.59. The number of benzene rings is 1. The van der Waals surface area contributed by atoms with Gasteiger partial charge in [-0.25, -0.2) is 14.3 Å². The number of ether oxygens (including phenoxy) is 1. The average Bonchev–Trinajstić information content (AvgIpc) is 3.22. The molecule has 0 saturated heterocycles. The lowest BCUT2D eigenvalue weighted by Crippen LogP contribution is -2.35. The van der Waals surface area contributed by atoms with Gasteiger partial charge < -0.3 is 9.64 Å². The number of aromatic nitrogens is 4. The van der Waals surface area contributed by atoms with Crippen molar-refractivity contribution >= 4 is 34.9 Å². The van der Waals surface area contributed by atoms with Crippen LogP contribution in [0.25, 0.3) is 5.78 Å². The molecule has 0 aliphatic rings. The van der Waals surface area contributed by atoms with E-state index in [1.807, 2.05) is 19.9 Å². The molecule has 0 radical (unpaired) electrons. The molecule has 0 aliphatic carbocycles. The molecule has 10 heteroatoms. The normalized spacial score (nSPS) is 10.6. The summed E-state index contributed by atoms with van der Waals surface area (Å²) in [5, 5.41) is 13.6. The molecule has 2 aromatic heterocycles. The summed E-state index contributed by atoms with van der Waals surface area (Å²) in [6.45, 7) is 3.37. The summed E-state index contributed by atoms with van der Waals surface area (Å²) in [5.74, 6) is -0.758. The van der Waals surface area contributed by atoms with E-state index in [1.54, 1.807) is 18.2 Å². The summed E-state index contributed by atoms with van der Waals surface area (Å²) in [6, 6.07) is 7.13. The smallest absolute Gasteiger partial charge is 0.342 e. The Bertz CT molecular complexity index is 1140. The number of aryl methyl sites for hydroxylation is 2. The van der Waals surface area contributed by atoms with Crippen molar-refractivity contribution < 1.29 is 14.3 Å². The fraction of sp³-hybridized carbons (Fsp3) is 0.300. The van der Waals surface area contributed by atoms with Crippen molar-refractivity contribution in [1.29, 1.82) is 5.26 Å². The third kappa shape index (κ3) is 4.39. The van der Waals surface area contributed by atoms with Crippen molar-refractivity contribution in [3.63, 3.8) is 0 Å². The van der Waals surface area contributed by atoms with Gasteiger partial charge in [-0.3, -0.25) is 4.79 Å². The molecule has 1 amide bonds. The molecule has 0 bridgehead atoms. The maximum absolute atomic E-state index is 12.8. The van der Waals surface area contributed by atoms with Crippen LogP contribution in [0.1, 0.15) is 35.0 Å². The number of anilines is 1. The highest BCUT2D eigenvalue weighted by Gasteiger charge is 2.21. The van der Waals surface area contributed by atoms with Crippen LogP contribution in [-0.4, -0.2) is 44.6 Å². The number of amides is 1. The van der Waals surface area contributed by atoms with Crippen molar-refractivity contribution in [2.75, 3.05) is 18.1 Å². The van der Waals surface area contributed by atoms with Gasteiger partial charge in [0.25, 0.3) is 11.7 Å². The summed E-state index contributed by atoms with van der Waals surface area (Å²) in [6.07, 6.45) is 3.35. The SMILES string of the molecule is CCc1c(C(=O)OCC(=O)N(CCC#N)c2ccc(Cl)c(C)c2)cnc2ncnn12. The van der Waals surface area contributed by atoms with E-state index in [-0.39, 0.29) is 18.5 Å². The highest BCUT2D eigenvalue weighted by Crippen LogP contribution is 2.23. The molecule has 0 saturated carbocycles. The minimum absolute atomic E-state index is 0.133. The number of carbonyl (C=O) groups excluding carboxylic acids is 2. The summed E-state index contributed by atoms with van der Waals surface area (Å²) >= 11 is 6.06. The van der Waals surface area contributed by atoms with Gasteiger partial charge in [0.2, 0.25) is 0 Å². The second-order valence-corrected chi connectivity index (χ2v) is 6.81. The molecule has 0 fully saturated rings. The molecule has 0 aliphatic heterocycles. The van der Waals surface area contributed by atoms with Gasteiger partial charge in [-0.15, -0.1) is 0 Å². The number of nitrogens with zero attached hydrogens (tertiary/aromatic N) is 6. The van der Waals surface area contributed by atoms with Crippen LogP contribution in [-0.2, 0) is 16.0 Å². The predicted molar refractivity (Wildman–Crippen MR) is 109 cm³/mol. The third-order valence-corrected chi connectivity index (χ3v) is 4.91. The summed E-state index contributed by atoms with van der Waals surface area (Å²) < 4.78 is 6.72. The van der Waals surface area contributed by atoms with E-state index in [2.05, 4.69) is 15.1 Å². The number of nitriles is 1. The molecule has 0 unspecified atom stereocenters. The molecule has 154 valence electrons. The highest BCUT2D eigenvalue weighted by atomic mass is 35.5. The quantitative estimate of drug-likeness (QED) is 0.533.